The number of carbonyl (C=O) groups excluding carboxylic acids is 3. The van der Waals surface area contributed by atoms with E-state index in [1.54, 1.807) is 51.3 Å². The summed E-state index contributed by atoms with van der Waals surface area (Å²) in [6.07, 6.45) is 1.36. The van der Waals surface area contributed by atoms with Gasteiger partial charge in [-0.2, -0.15) is 0 Å². The zero-order valence-electron chi connectivity index (χ0n) is 15.4. The summed E-state index contributed by atoms with van der Waals surface area (Å²) in [6.45, 7) is 3.04. The van der Waals surface area contributed by atoms with Gasteiger partial charge < -0.3 is 24.5 Å². The standard InChI is InChI=1S/C19H22N2O6/c1-12(2)17(21-18(23)15-5-4-10-26-15)19(24)27-11-16(22)20-13-6-8-14(25-3)9-7-13/h4-10,12,17H,11H2,1-3H3,(H,20,22)(H,21,23)/t17-/m0/s1. The van der Waals surface area contributed by atoms with E-state index in [2.05, 4.69) is 10.6 Å². The molecule has 1 aromatic carbocycles. The van der Waals surface area contributed by atoms with Gasteiger partial charge in [-0.3, -0.25) is 9.59 Å². The van der Waals surface area contributed by atoms with Gasteiger partial charge in [0.15, 0.2) is 12.4 Å². The van der Waals surface area contributed by atoms with Gasteiger partial charge in [-0.15, -0.1) is 0 Å². The quantitative estimate of drug-likeness (QED) is 0.686. The smallest absolute Gasteiger partial charge is 0.329 e. The molecule has 0 bridgehead atoms. The molecule has 2 rings (SSSR count). The lowest BCUT2D eigenvalue weighted by Gasteiger charge is -2.20. The topological polar surface area (TPSA) is 107 Å². The van der Waals surface area contributed by atoms with Gasteiger partial charge in [-0.1, -0.05) is 13.8 Å². The molecule has 2 aromatic rings. The van der Waals surface area contributed by atoms with Crippen LogP contribution in [0.25, 0.3) is 0 Å². The van der Waals surface area contributed by atoms with Gasteiger partial charge >= 0.3 is 5.97 Å². The number of esters is 1. The molecule has 8 heteroatoms. The summed E-state index contributed by atoms with van der Waals surface area (Å²) in [5.41, 5.74) is 0.545. The molecule has 0 aliphatic heterocycles. The van der Waals surface area contributed by atoms with Crippen LogP contribution >= 0.6 is 0 Å². The Morgan fingerprint density at radius 2 is 1.81 bits per heavy atom. The Kier molecular flexibility index (Phi) is 6.99. The van der Waals surface area contributed by atoms with Gasteiger partial charge in [0.25, 0.3) is 11.8 Å². The van der Waals surface area contributed by atoms with Gasteiger partial charge in [0, 0.05) is 5.69 Å². The van der Waals surface area contributed by atoms with E-state index in [9.17, 15) is 14.4 Å². The van der Waals surface area contributed by atoms with Crippen molar-refractivity contribution in [2.75, 3.05) is 19.0 Å². The molecule has 2 amide bonds. The minimum Gasteiger partial charge on any atom is -0.497 e. The van der Waals surface area contributed by atoms with Crippen molar-refractivity contribution in [3.63, 3.8) is 0 Å². The van der Waals surface area contributed by atoms with Crippen LogP contribution in [-0.4, -0.2) is 37.5 Å². The molecule has 1 aromatic heterocycles. The number of ether oxygens (including phenoxy) is 2. The van der Waals surface area contributed by atoms with Gasteiger partial charge in [0.2, 0.25) is 0 Å². The number of hydrogen-bond donors (Lipinski definition) is 2. The molecule has 0 aliphatic carbocycles. The van der Waals surface area contributed by atoms with Crippen molar-refractivity contribution in [3.05, 3.63) is 48.4 Å². The Labute approximate surface area is 156 Å². The normalized spacial score (nSPS) is 11.6. The zero-order chi connectivity index (χ0) is 19.8. The summed E-state index contributed by atoms with van der Waals surface area (Å²) in [4.78, 5) is 36.3. The first-order valence-corrected chi connectivity index (χ1v) is 8.35. The van der Waals surface area contributed by atoms with Gasteiger partial charge in [0.1, 0.15) is 11.8 Å². The molecule has 0 radical (unpaired) electrons. The second-order valence-corrected chi connectivity index (χ2v) is 6.06. The van der Waals surface area contributed by atoms with E-state index in [4.69, 9.17) is 13.9 Å². The SMILES string of the molecule is COc1ccc(NC(=O)COC(=O)[C@@H](NC(=O)c2ccco2)C(C)C)cc1. The fraction of sp³-hybridized carbons (Fsp3) is 0.316. The van der Waals surface area contributed by atoms with Crippen molar-refractivity contribution in [3.8, 4) is 5.75 Å². The molecule has 1 atom stereocenters. The predicted molar refractivity (Wildman–Crippen MR) is 97.4 cm³/mol. The first-order valence-electron chi connectivity index (χ1n) is 8.35. The number of nitrogens with one attached hydrogen (secondary N) is 2. The van der Waals surface area contributed by atoms with E-state index in [1.165, 1.54) is 12.3 Å². The molecule has 0 saturated carbocycles. The lowest BCUT2D eigenvalue weighted by molar-refractivity contribution is -0.150. The molecule has 0 spiro atoms. The molecule has 1 heterocycles. The maximum Gasteiger partial charge on any atom is 0.329 e. The Bertz CT molecular complexity index is 768. The Hall–Kier alpha value is -3.29. The highest BCUT2D eigenvalue weighted by molar-refractivity contribution is 5.96. The molecule has 8 nitrogen and oxygen atoms in total. The van der Waals surface area contributed by atoms with Crippen molar-refractivity contribution in [1.29, 1.82) is 0 Å². The molecule has 0 saturated heterocycles. The van der Waals surface area contributed by atoms with E-state index < -0.39 is 30.4 Å². The summed E-state index contributed by atoms with van der Waals surface area (Å²) in [7, 11) is 1.54. The summed E-state index contributed by atoms with van der Waals surface area (Å²) in [5, 5.41) is 5.16. The molecule has 0 unspecified atom stereocenters. The molecule has 2 N–H and O–H groups in total. The Balaban J connectivity index is 1.86. The number of anilines is 1. The van der Waals surface area contributed by atoms with Crippen LogP contribution < -0.4 is 15.4 Å². The van der Waals surface area contributed by atoms with Gasteiger partial charge in [-0.25, -0.2) is 4.79 Å². The summed E-state index contributed by atoms with van der Waals surface area (Å²) < 4.78 is 15.1. The van der Waals surface area contributed by atoms with Crippen molar-refractivity contribution in [2.45, 2.75) is 19.9 Å². The summed E-state index contributed by atoms with van der Waals surface area (Å²) >= 11 is 0. The monoisotopic (exact) mass is 374 g/mol. The third-order valence-corrected chi connectivity index (χ3v) is 3.67. The second kappa shape index (κ2) is 9.42. The fourth-order valence-corrected chi connectivity index (χ4v) is 2.22. The number of methoxy groups -OCH3 is 1. The molecule has 27 heavy (non-hydrogen) atoms. The Morgan fingerprint density at radius 3 is 2.37 bits per heavy atom. The van der Waals surface area contributed by atoms with Crippen LogP contribution in [0.15, 0.2) is 47.1 Å². The molecule has 144 valence electrons. The third kappa shape index (κ3) is 5.88. The summed E-state index contributed by atoms with van der Waals surface area (Å²) in [6, 6.07) is 8.87. The van der Waals surface area contributed by atoms with Crippen LogP contribution in [0.5, 0.6) is 5.75 Å². The predicted octanol–water partition coefficient (Wildman–Crippen LogP) is 2.22. The number of furan rings is 1. The highest BCUT2D eigenvalue weighted by Gasteiger charge is 2.27. The largest absolute Gasteiger partial charge is 0.497 e. The van der Waals surface area contributed by atoms with Crippen LogP contribution in [-0.2, 0) is 14.3 Å². The van der Waals surface area contributed by atoms with E-state index in [0.29, 0.717) is 11.4 Å². The lowest BCUT2D eigenvalue weighted by atomic mass is 10.0. The maximum atomic E-state index is 12.3. The van der Waals surface area contributed by atoms with Crippen LogP contribution in [0.3, 0.4) is 0 Å². The van der Waals surface area contributed by atoms with Gasteiger partial charge in [0.05, 0.1) is 13.4 Å². The first kappa shape index (κ1) is 20.0. The highest BCUT2D eigenvalue weighted by atomic mass is 16.5. The van der Waals surface area contributed by atoms with E-state index in [1.807, 2.05) is 0 Å². The summed E-state index contributed by atoms with van der Waals surface area (Å²) in [5.74, 6) is -1.21. The third-order valence-electron chi connectivity index (χ3n) is 3.67. The van der Waals surface area contributed by atoms with E-state index >= 15 is 0 Å². The lowest BCUT2D eigenvalue weighted by Crippen LogP contribution is -2.45. The molecule has 0 aliphatic rings. The fourth-order valence-electron chi connectivity index (χ4n) is 2.22. The van der Waals surface area contributed by atoms with Crippen LogP contribution in [0.2, 0.25) is 0 Å². The number of carbonyl (C=O) groups is 3. The zero-order valence-corrected chi connectivity index (χ0v) is 15.4. The minimum atomic E-state index is -0.906. The maximum absolute atomic E-state index is 12.3. The molecular weight excluding hydrogens is 352 g/mol. The van der Waals surface area contributed by atoms with Crippen LogP contribution in [0.1, 0.15) is 24.4 Å². The Morgan fingerprint density at radius 1 is 1.11 bits per heavy atom. The van der Waals surface area contributed by atoms with Crippen LogP contribution in [0.4, 0.5) is 5.69 Å². The second-order valence-electron chi connectivity index (χ2n) is 6.06. The van der Waals surface area contributed by atoms with Gasteiger partial charge in [-0.05, 0) is 42.3 Å². The van der Waals surface area contributed by atoms with E-state index in [-0.39, 0.29) is 11.7 Å². The van der Waals surface area contributed by atoms with Crippen molar-refractivity contribution < 1.29 is 28.3 Å². The van der Waals surface area contributed by atoms with Crippen LogP contribution in [0, 0.1) is 5.92 Å². The minimum absolute atomic E-state index is 0.0886. The van der Waals surface area contributed by atoms with Crippen molar-refractivity contribution >= 4 is 23.5 Å². The van der Waals surface area contributed by atoms with Crippen molar-refractivity contribution in [1.82, 2.24) is 5.32 Å². The van der Waals surface area contributed by atoms with Crippen molar-refractivity contribution in [2.24, 2.45) is 5.92 Å². The number of amides is 2. The molecule has 0 fully saturated rings. The highest BCUT2D eigenvalue weighted by Crippen LogP contribution is 2.15. The number of benzene rings is 1. The average Bonchev–Trinajstić information content (AvgIpc) is 3.19. The average molecular weight is 374 g/mol. The number of rotatable bonds is 8. The molecular formula is C19H22N2O6. The number of hydrogen-bond acceptors (Lipinski definition) is 6. The first-order chi connectivity index (χ1) is 12.9. The van der Waals surface area contributed by atoms with E-state index in [0.717, 1.165) is 0 Å².